The van der Waals surface area contributed by atoms with Crippen LogP contribution in [0, 0.1) is 13.8 Å². The maximum Gasteiger partial charge on any atom is 0.453 e. The molecule has 0 spiro atoms. The van der Waals surface area contributed by atoms with E-state index < -0.39 is 12.0 Å². The van der Waals surface area contributed by atoms with E-state index in [1.54, 1.807) is 25.2 Å². The summed E-state index contributed by atoms with van der Waals surface area (Å²) in [7, 11) is 0. The summed E-state index contributed by atoms with van der Waals surface area (Å²) >= 11 is 1.56. The maximum atomic E-state index is 12.8. The lowest BCUT2D eigenvalue weighted by Crippen LogP contribution is -2.26. The van der Waals surface area contributed by atoms with Crippen molar-refractivity contribution >= 4 is 23.0 Å². The lowest BCUT2D eigenvalue weighted by Gasteiger charge is -2.13. The summed E-state index contributed by atoms with van der Waals surface area (Å²) in [6.07, 6.45) is -4.08. The van der Waals surface area contributed by atoms with E-state index in [0.29, 0.717) is 23.4 Å². The summed E-state index contributed by atoms with van der Waals surface area (Å²) < 4.78 is 39.6. The molecule has 0 radical (unpaired) electrons. The Bertz CT molecular complexity index is 965. The van der Waals surface area contributed by atoms with Gasteiger partial charge in [0.25, 0.3) is 11.6 Å². The standard InChI is InChI=1S/C17H18F3N5OS/c1-9-12(6-7-14(26)21-10(2)13-5-4-8-27-13)11(3)25-16(22-9)23-15(24-25)17(18,19)20/h4-5,8,10H,6-7H2,1-3H3,(H,21,26). The first-order chi connectivity index (χ1) is 12.7. The predicted molar refractivity (Wildman–Crippen MR) is 94.5 cm³/mol. The molecule has 3 rings (SSSR count). The van der Waals surface area contributed by atoms with Gasteiger partial charge in [0.05, 0.1) is 6.04 Å². The van der Waals surface area contributed by atoms with Crippen LogP contribution in [0.15, 0.2) is 17.5 Å². The van der Waals surface area contributed by atoms with E-state index in [0.717, 1.165) is 9.39 Å². The Morgan fingerprint density at radius 3 is 2.70 bits per heavy atom. The highest BCUT2D eigenvalue weighted by Crippen LogP contribution is 2.27. The molecular formula is C17H18F3N5OS. The molecule has 1 atom stereocenters. The normalized spacial score (nSPS) is 13.1. The first-order valence-corrected chi connectivity index (χ1v) is 9.17. The van der Waals surface area contributed by atoms with Crippen LogP contribution in [0.2, 0.25) is 0 Å². The molecule has 1 N–H and O–H groups in total. The zero-order valence-electron chi connectivity index (χ0n) is 15.0. The van der Waals surface area contributed by atoms with Gasteiger partial charge in [-0.2, -0.15) is 18.2 Å². The van der Waals surface area contributed by atoms with Crippen molar-refractivity contribution in [1.29, 1.82) is 0 Å². The van der Waals surface area contributed by atoms with Crippen molar-refractivity contribution in [3.05, 3.63) is 45.2 Å². The molecule has 3 heterocycles. The van der Waals surface area contributed by atoms with Gasteiger partial charge in [0, 0.05) is 22.7 Å². The molecule has 0 aliphatic heterocycles. The molecule has 144 valence electrons. The van der Waals surface area contributed by atoms with E-state index in [-0.39, 0.29) is 24.1 Å². The highest BCUT2D eigenvalue weighted by molar-refractivity contribution is 7.10. The van der Waals surface area contributed by atoms with Gasteiger partial charge in [-0.3, -0.25) is 4.79 Å². The van der Waals surface area contributed by atoms with Crippen LogP contribution in [0.4, 0.5) is 13.2 Å². The van der Waals surface area contributed by atoms with Gasteiger partial charge in [0.2, 0.25) is 5.91 Å². The molecule has 0 aromatic carbocycles. The molecule has 27 heavy (non-hydrogen) atoms. The van der Waals surface area contributed by atoms with Crippen LogP contribution in [-0.4, -0.2) is 25.5 Å². The fraction of sp³-hybridized carbons (Fsp3) is 0.412. The average molecular weight is 397 g/mol. The first-order valence-electron chi connectivity index (χ1n) is 8.29. The quantitative estimate of drug-likeness (QED) is 0.714. The SMILES string of the molecule is Cc1nc2nc(C(F)(F)F)nn2c(C)c1CCC(=O)NC(C)c1cccs1. The number of aromatic nitrogens is 4. The van der Waals surface area contributed by atoms with Gasteiger partial charge >= 0.3 is 6.18 Å². The summed E-state index contributed by atoms with van der Waals surface area (Å²) in [6.45, 7) is 5.25. The van der Waals surface area contributed by atoms with Crippen molar-refractivity contribution in [2.45, 2.75) is 45.8 Å². The number of hydrogen-bond acceptors (Lipinski definition) is 5. The number of aryl methyl sites for hydroxylation is 2. The van der Waals surface area contributed by atoms with Crippen molar-refractivity contribution in [2.24, 2.45) is 0 Å². The minimum atomic E-state index is -4.63. The number of rotatable bonds is 5. The second-order valence-electron chi connectivity index (χ2n) is 6.21. The number of halogens is 3. The predicted octanol–water partition coefficient (Wildman–Crippen LogP) is 3.63. The maximum absolute atomic E-state index is 12.8. The van der Waals surface area contributed by atoms with E-state index in [1.807, 2.05) is 24.4 Å². The van der Waals surface area contributed by atoms with Crippen LogP contribution in [0.3, 0.4) is 0 Å². The lowest BCUT2D eigenvalue weighted by molar-refractivity contribution is -0.144. The van der Waals surface area contributed by atoms with Crippen LogP contribution >= 0.6 is 11.3 Å². The fourth-order valence-corrected chi connectivity index (χ4v) is 3.59. The molecule has 1 unspecified atom stereocenters. The molecule has 0 fully saturated rings. The fourth-order valence-electron chi connectivity index (χ4n) is 2.85. The smallest absolute Gasteiger partial charge is 0.349 e. The van der Waals surface area contributed by atoms with Gasteiger partial charge in [0.15, 0.2) is 0 Å². The number of alkyl halides is 3. The number of thiophene rings is 1. The molecular weight excluding hydrogens is 379 g/mol. The largest absolute Gasteiger partial charge is 0.453 e. The van der Waals surface area contributed by atoms with Gasteiger partial charge < -0.3 is 5.32 Å². The molecule has 1 amide bonds. The number of carbonyl (C=O) groups is 1. The van der Waals surface area contributed by atoms with E-state index in [4.69, 9.17) is 0 Å². The third-order valence-corrected chi connectivity index (χ3v) is 5.31. The molecule has 3 aromatic heterocycles. The van der Waals surface area contributed by atoms with Gasteiger partial charge in [0.1, 0.15) is 0 Å². The molecule has 0 aliphatic carbocycles. The highest BCUT2D eigenvalue weighted by atomic mass is 32.1. The summed E-state index contributed by atoms with van der Waals surface area (Å²) in [6, 6.07) is 3.78. The highest BCUT2D eigenvalue weighted by Gasteiger charge is 2.36. The van der Waals surface area contributed by atoms with Crippen molar-refractivity contribution in [3.63, 3.8) is 0 Å². The van der Waals surface area contributed by atoms with Crippen molar-refractivity contribution in [1.82, 2.24) is 24.9 Å². The third kappa shape index (κ3) is 4.10. The van der Waals surface area contributed by atoms with Crippen molar-refractivity contribution in [2.75, 3.05) is 0 Å². The first kappa shape index (κ1) is 19.3. The second kappa shape index (κ2) is 7.26. The number of nitrogens with one attached hydrogen (secondary N) is 1. The van der Waals surface area contributed by atoms with Crippen LogP contribution in [0.5, 0.6) is 0 Å². The number of hydrogen-bond donors (Lipinski definition) is 1. The monoisotopic (exact) mass is 397 g/mol. The molecule has 10 heteroatoms. The minimum Gasteiger partial charge on any atom is -0.349 e. The van der Waals surface area contributed by atoms with Crippen LogP contribution in [0.1, 0.15) is 47.0 Å². The average Bonchev–Trinajstić information content (AvgIpc) is 3.23. The zero-order chi connectivity index (χ0) is 19.8. The van der Waals surface area contributed by atoms with E-state index in [2.05, 4.69) is 20.4 Å². The summed E-state index contributed by atoms with van der Waals surface area (Å²) in [4.78, 5) is 20.8. The van der Waals surface area contributed by atoms with E-state index in [9.17, 15) is 18.0 Å². The summed E-state index contributed by atoms with van der Waals surface area (Å²) in [5, 5.41) is 8.38. The Balaban J connectivity index is 1.75. The Morgan fingerprint density at radius 2 is 2.07 bits per heavy atom. The summed E-state index contributed by atoms with van der Waals surface area (Å²) in [5.41, 5.74) is 1.74. The lowest BCUT2D eigenvalue weighted by atomic mass is 10.1. The Hall–Kier alpha value is -2.49. The molecule has 0 aliphatic rings. The van der Waals surface area contributed by atoms with Gasteiger partial charge in [-0.1, -0.05) is 6.07 Å². The second-order valence-corrected chi connectivity index (χ2v) is 7.19. The van der Waals surface area contributed by atoms with Gasteiger partial charge in [-0.05, 0) is 44.2 Å². The molecule has 6 nitrogen and oxygen atoms in total. The Kier molecular flexibility index (Phi) is 5.18. The summed E-state index contributed by atoms with van der Waals surface area (Å²) in [5.74, 6) is -1.46. The van der Waals surface area contributed by atoms with Crippen molar-refractivity contribution in [3.8, 4) is 0 Å². The molecule has 0 bridgehead atoms. The molecule has 0 saturated carbocycles. The van der Waals surface area contributed by atoms with E-state index >= 15 is 0 Å². The number of carbonyl (C=O) groups excluding carboxylic acids is 1. The topological polar surface area (TPSA) is 72.2 Å². The number of fused-ring (bicyclic) bond motifs is 1. The van der Waals surface area contributed by atoms with Crippen LogP contribution in [-0.2, 0) is 17.4 Å². The molecule has 3 aromatic rings. The Morgan fingerprint density at radius 1 is 1.33 bits per heavy atom. The van der Waals surface area contributed by atoms with E-state index in [1.165, 1.54) is 0 Å². The number of nitrogens with zero attached hydrogens (tertiary/aromatic N) is 4. The third-order valence-electron chi connectivity index (χ3n) is 4.25. The van der Waals surface area contributed by atoms with Crippen LogP contribution < -0.4 is 5.32 Å². The number of amides is 1. The molecule has 0 saturated heterocycles. The van der Waals surface area contributed by atoms with Gasteiger partial charge in [-0.25, -0.2) is 9.50 Å². The zero-order valence-corrected chi connectivity index (χ0v) is 15.8. The minimum absolute atomic E-state index is 0.0926. The van der Waals surface area contributed by atoms with Gasteiger partial charge in [-0.15, -0.1) is 16.4 Å². The Labute approximate surface area is 157 Å². The van der Waals surface area contributed by atoms with Crippen LogP contribution in [0.25, 0.3) is 5.78 Å². The van der Waals surface area contributed by atoms with Crippen molar-refractivity contribution < 1.29 is 18.0 Å².